The molecule has 0 saturated heterocycles. The van der Waals surface area contributed by atoms with Crippen molar-refractivity contribution in [3.05, 3.63) is 39.4 Å². The Hall–Kier alpha value is -2.30. The SMILES string of the molecule is CCC1=C(C)C(=O)N/C1=C/c1[nH]c(C)c(C)c1CCC(=O)OC. The van der Waals surface area contributed by atoms with E-state index in [2.05, 4.69) is 10.3 Å². The quantitative estimate of drug-likeness (QED) is 0.821. The molecule has 0 radical (unpaired) electrons. The van der Waals surface area contributed by atoms with Gasteiger partial charge in [-0.15, -0.1) is 0 Å². The Labute approximate surface area is 136 Å². The Morgan fingerprint density at radius 1 is 1.26 bits per heavy atom. The van der Waals surface area contributed by atoms with Gasteiger partial charge in [-0.05, 0) is 56.4 Å². The molecule has 2 rings (SSSR count). The summed E-state index contributed by atoms with van der Waals surface area (Å²) in [6.07, 6.45) is 3.72. The van der Waals surface area contributed by atoms with Crippen LogP contribution in [0.25, 0.3) is 6.08 Å². The summed E-state index contributed by atoms with van der Waals surface area (Å²) in [6.45, 7) is 7.93. The highest BCUT2D eigenvalue weighted by molar-refractivity contribution is 6.00. The highest BCUT2D eigenvalue weighted by Gasteiger charge is 2.23. The first-order valence-electron chi connectivity index (χ1n) is 7.87. The van der Waals surface area contributed by atoms with Crippen molar-refractivity contribution >= 4 is 18.0 Å². The summed E-state index contributed by atoms with van der Waals surface area (Å²) < 4.78 is 4.73. The number of carbonyl (C=O) groups is 2. The van der Waals surface area contributed by atoms with E-state index in [4.69, 9.17) is 4.74 Å². The summed E-state index contributed by atoms with van der Waals surface area (Å²) >= 11 is 0. The third-order valence-corrected chi connectivity index (χ3v) is 4.48. The van der Waals surface area contributed by atoms with Gasteiger partial charge in [0.25, 0.3) is 5.91 Å². The van der Waals surface area contributed by atoms with Crippen molar-refractivity contribution in [3.8, 4) is 0 Å². The number of nitrogens with one attached hydrogen (secondary N) is 2. The number of aryl methyl sites for hydroxylation is 1. The van der Waals surface area contributed by atoms with Crippen LogP contribution >= 0.6 is 0 Å². The first kappa shape index (κ1) is 17.1. The van der Waals surface area contributed by atoms with Gasteiger partial charge in [0.1, 0.15) is 0 Å². The average molecular weight is 316 g/mol. The summed E-state index contributed by atoms with van der Waals surface area (Å²) in [5.41, 5.74) is 6.90. The van der Waals surface area contributed by atoms with Crippen molar-refractivity contribution in [2.45, 2.75) is 47.0 Å². The van der Waals surface area contributed by atoms with Crippen molar-refractivity contribution in [3.63, 3.8) is 0 Å². The highest BCUT2D eigenvalue weighted by atomic mass is 16.5. The van der Waals surface area contributed by atoms with Crippen LogP contribution in [-0.2, 0) is 20.7 Å². The molecule has 0 atom stereocenters. The second-order valence-corrected chi connectivity index (χ2v) is 5.81. The first-order valence-corrected chi connectivity index (χ1v) is 7.87. The van der Waals surface area contributed by atoms with Crippen LogP contribution in [0, 0.1) is 13.8 Å². The molecule has 5 heteroatoms. The van der Waals surface area contributed by atoms with Crippen LogP contribution in [0.1, 0.15) is 49.2 Å². The van der Waals surface area contributed by atoms with Crippen molar-refractivity contribution in [2.24, 2.45) is 0 Å². The molecule has 5 nitrogen and oxygen atoms in total. The Bertz CT molecular complexity index is 708. The van der Waals surface area contributed by atoms with Crippen molar-refractivity contribution in [1.82, 2.24) is 10.3 Å². The number of aromatic nitrogens is 1. The minimum Gasteiger partial charge on any atom is -0.469 e. The summed E-state index contributed by atoms with van der Waals surface area (Å²) in [5, 5.41) is 2.92. The second kappa shape index (κ2) is 6.86. The molecule has 0 aliphatic carbocycles. The highest BCUT2D eigenvalue weighted by Crippen LogP contribution is 2.28. The molecule has 1 amide bonds. The molecule has 0 unspecified atom stereocenters. The lowest BCUT2D eigenvalue weighted by molar-refractivity contribution is -0.140. The molecular formula is C18H24N2O3. The Balaban J connectivity index is 2.37. The van der Waals surface area contributed by atoms with Gasteiger partial charge in [-0.2, -0.15) is 0 Å². The zero-order valence-electron chi connectivity index (χ0n) is 14.4. The van der Waals surface area contributed by atoms with Gasteiger partial charge in [-0.25, -0.2) is 0 Å². The maximum absolute atomic E-state index is 11.9. The number of aromatic amines is 1. The van der Waals surface area contributed by atoms with Crippen molar-refractivity contribution in [1.29, 1.82) is 0 Å². The zero-order valence-corrected chi connectivity index (χ0v) is 14.4. The van der Waals surface area contributed by atoms with Gasteiger partial charge >= 0.3 is 5.97 Å². The lowest BCUT2D eigenvalue weighted by atomic mass is 10.0. The summed E-state index contributed by atoms with van der Waals surface area (Å²) in [6, 6.07) is 0. The zero-order chi connectivity index (χ0) is 17.1. The molecule has 1 aromatic heterocycles. The average Bonchev–Trinajstić information content (AvgIpc) is 2.94. The molecule has 0 fully saturated rings. The fourth-order valence-corrected chi connectivity index (χ4v) is 2.93. The van der Waals surface area contributed by atoms with E-state index in [1.54, 1.807) is 0 Å². The van der Waals surface area contributed by atoms with E-state index in [-0.39, 0.29) is 11.9 Å². The van der Waals surface area contributed by atoms with Gasteiger partial charge in [-0.3, -0.25) is 9.59 Å². The molecule has 0 spiro atoms. The number of hydrogen-bond donors (Lipinski definition) is 2. The minimum atomic E-state index is -0.221. The van der Waals surface area contributed by atoms with Crippen LogP contribution < -0.4 is 5.32 Å². The molecule has 0 bridgehead atoms. The maximum atomic E-state index is 11.9. The van der Waals surface area contributed by atoms with Gasteiger partial charge < -0.3 is 15.0 Å². The van der Waals surface area contributed by atoms with Crippen molar-refractivity contribution in [2.75, 3.05) is 7.11 Å². The number of H-pyrrole nitrogens is 1. The van der Waals surface area contributed by atoms with E-state index in [1.165, 1.54) is 7.11 Å². The summed E-state index contributed by atoms with van der Waals surface area (Å²) in [4.78, 5) is 26.7. The topological polar surface area (TPSA) is 71.2 Å². The largest absolute Gasteiger partial charge is 0.469 e. The molecular weight excluding hydrogens is 292 g/mol. The number of hydrogen-bond acceptors (Lipinski definition) is 3. The number of amides is 1. The number of carbonyl (C=O) groups excluding carboxylic acids is 2. The number of esters is 1. The first-order chi connectivity index (χ1) is 10.9. The standard InChI is InChI=1S/C18H24N2O3/c1-6-13-11(3)18(22)20-15(13)9-16-14(7-8-17(21)23-5)10(2)12(4)19-16/h9,19H,6-8H2,1-5H3,(H,20,22)/b15-9+. The fraction of sp³-hybridized carbons (Fsp3) is 0.444. The van der Waals surface area contributed by atoms with Gasteiger partial charge in [0.2, 0.25) is 0 Å². The Kier molecular flexibility index (Phi) is 5.08. The summed E-state index contributed by atoms with van der Waals surface area (Å²) in [5.74, 6) is -0.259. The third-order valence-electron chi connectivity index (χ3n) is 4.48. The monoisotopic (exact) mass is 316 g/mol. The van der Waals surface area contributed by atoms with Crippen LogP contribution in [0.3, 0.4) is 0 Å². The molecule has 0 aromatic carbocycles. The lowest BCUT2D eigenvalue weighted by Crippen LogP contribution is -2.15. The van der Waals surface area contributed by atoms with Gasteiger partial charge in [0, 0.05) is 29.1 Å². The predicted molar refractivity (Wildman–Crippen MR) is 89.7 cm³/mol. The fourth-order valence-electron chi connectivity index (χ4n) is 2.93. The molecule has 2 N–H and O–H groups in total. The maximum Gasteiger partial charge on any atom is 0.305 e. The van der Waals surface area contributed by atoms with E-state index in [0.29, 0.717) is 12.8 Å². The number of rotatable bonds is 5. The van der Waals surface area contributed by atoms with Crippen molar-refractivity contribution < 1.29 is 14.3 Å². The molecule has 1 aliphatic rings. The van der Waals surface area contributed by atoms with E-state index >= 15 is 0 Å². The number of ether oxygens (including phenoxy) is 1. The van der Waals surface area contributed by atoms with Gasteiger partial charge in [0.15, 0.2) is 0 Å². The molecule has 23 heavy (non-hydrogen) atoms. The summed E-state index contributed by atoms with van der Waals surface area (Å²) in [7, 11) is 1.40. The van der Waals surface area contributed by atoms with Crippen LogP contribution in [0.2, 0.25) is 0 Å². The Morgan fingerprint density at radius 2 is 1.96 bits per heavy atom. The van der Waals surface area contributed by atoms with Gasteiger partial charge in [-0.1, -0.05) is 6.92 Å². The molecule has 124 valence electrons. The van der Waals surface area contributed by atoms with Gasteiger partial charge in [0.05, 0.1) is 7.11 Å². The van der Waals surface area contributed by atoms with Crippen LogP contribution in [0.5, 0.6) is 0 Å². The van der Waals surface area contributed by atoms with Crippen LogP contribution in [0.4, 0.5) is 0 Å². The van der Waals surface area contributed by atoms with Crippen LogP contribution in [0.15, 0.2) is 16.8 Å². The number of methoxy groups -OCH3 is 1. The molecule has 0 saturated carbocycles. The van der Waals surface area contributed by atoms with E-state index < -0.39 is 0 Å². The lowest BCUT2D eigenvalue weighted by Gasteiger charge is -2.06. The minimum absolute atomic E-state index is 0.0378. The molecule has 2 heterocycles. The third kappa shape index (κ3) is 3.38. The van der Waals surface area contributed by atoms with E-state index in [1.807, 2.05) is 33.8 Å². The molecule has 1 aromatic rings. The van der Waals surface area contributed by atoms with E-state index in [9.17, 15) is 9.59 Å². The second-order valence-electron chi connectivity index (χ2n) is 5.81. The molecule has 1 aliphatic heterocycles. The number of allylic oxidation sites excluding steroid dienone is 1. The van der Waals surface area contributed by atoms with Crippen LogP contribution in [-0.4, -0.2) is 24.0 Å². The smallest absolute Gasteiger partial charge is 0.305 e. The van der Waals surface area contributed by atoms with E-state index in [0.717, 1.165) is 45.8 Å². The predicted octanol–water partition coefficient (Wildman–Crippen LogP) is 2.93. The normalized spacial score (nSPS) is 16.2. The Morgan fingerprint density at radius 3 is 2.57 bits per heavy atom.